The smallest absolute Gasteiger partial charge is 0.201 e. The lowest BCUT2D eigenvalue weighted by Gasteiger charge is -2.07. The third kappa shape index (κ3) is 2.45. The SMILES string of the molecule is COc1cc(F)c(C(=O)c2ccccc2F)c(F)c1. The molecule has 0 saturated carbocycles. The van der Waals surface area contributed by atoms with E-state index in [1.807, 2.05) is 0 Å². The summed E-state index contributed by atoms with van der Waals surface area (Å²) in [5, 5.41) is 0. The van der Waals surface area contributed by atoms with Crippen molar-refractivity contribution >= 4 is 5.78 Å². The number of ketones is 1. The van der Waals surface area contributed by atoms with Crippen molar-refractivity contribution in [1.29, 1.82) is 0 Å². The fraction of sp³-hybridized carbons (Fsp3) is 0.0714. The molecule has 0 spiro atoms. The zero-order valence-electron chi connectivity index (χ0n) is 9.91. The molecule has 0 aliphatic heterocycles. The van der Waals surface area contributed by atoms with Gasteiger partial charge in [-0.15, -0.1) is 0 Å². The van der Waals surface area contributed by atoms with E-state index in [1.54, 1.807) is 0 Å². The molecule has 0 amide bonds. The molecular formula is C14H9F3O2. The van der Waals surface area contributed by atoms with Gasteiger partial charge >= 0.3 is 0 Å². The van der Waals surface area contributed by atoms with E-state index in [2.05, 4.69) is 4.74 Å². The molecule has 2 nitrogen and oxygen atoms in total. The predicted octanol–water partition coefficient (Wildman–Crippen LogP) is 3.34. The molecule has 2 rings (SSSR count). The molecule has 0 N–H and O–H groups in total. The quantitative estimate of drug-likeness (QED) is 0.796. The average Bonchev–Trinajstić information content (AvgIpc) is 2.38. The van der Waals surface area contributed by atoms with Crippen molar-refractivity contribution in [3.05, 3.63) is 65.0 Å². The Balaban J connectivity index is 2.54. The number of benzene rings is 2. The predicted molar refractivity (Wildman–Crippen MR) is 62.7 cm³/mol. The van der Waals surface area contributed by atoms with Crippen LogP contribution in [0, 0.1) is 17.5 Å². The van der Waals surface area contributed by atoms with Gasteiger partial charge in [-0.1, -0.05) is 12.1 Å². The van der Waals surface area contributed by atoms with E-state index >= 15 is 0 Å². The standard InChI is InChI=1S/C14H9F3O2/c1-19-8-6-11(16)13(12(17)7-8)14(18)9-4-2-3-5-10(9)15/h2-7H,1H3. The number of carbonyl (C=O) groups excluding carboxylic acids is 1. The Morgan fingerprint density at radius 1 is 1.00 bits per heavy atom. The molecule has 0 aromatic heterocycles. The second kappa shape index (κ2) is 5.14. The fourth-order valence-electron chi connectivity index (χ4n) is 1.66. The van der Waals surface area contributed by atoms with Crippen LogP contribution >= 0.6 is 0 Å². The van der Waals surface area contributed by atoms with Gasteiger partial charge in [-0.25, -0.2) is 13.2 Å². The Bertz CT molecular complexity index is 615. The number of methoxy groups -OCH3 is 1. The van der Waals surface area contributed by atoms with Crippen molar-refractivity contribution in [2.24, 2.45) is 0 Å². The normalized spacial score (nSPS) is 10.3. The van der Waals surface area contributed by atoms with Crippen LogP contribution in [-0.4, -0.2) is 12.9 Å². The highest BCUT2D eigenvalue weighted by Gasteiger charge is 2.22. The molecule has 0 aliphatic rings. The van der Waals surface area contributed by atoms with Crippen molar-refractivity contribution in [2.45, 2.75) is 0 Å². The molecule has 2 aromatic rings. The van der Waals surface area contributed by atoms with Crippen molar-refractivity contribution < 1.29 is 22.7 Å². The lowest BCUT2D eigenvalue weighted by molar-refractivity contribution is 0.102. The molecule has 0 radical (unpaired) electrons. The first-order chi connectivity index (χ1) is 9.04. The lowest BCUT2D eigenvalue weighted by atomic mass is 10.0. The third-order valence-electron chi connectivity index (χ3n) is 2.60. The van der Waals surface area contributed by atoms with Gasteiger partial charge < -0.3 is 4.74 Å². The summed E-state index contributed by atoms with van der Waals surface area (Å²) in [5.41, 5.74) is -1.18. The van der Waals surface area contributed by atoms with Gasteiger partial charge in [0.15, 0.2) is 0 Å². The molecule has 0 fully saturated rings. The van der Waals surface area contributed by atoms with Gasteiger partial charge in [0.1, 0.15) is 23.2 Å². The minimum Gasteiger partial charge on any atom is -0.497 e. The van der Waals surface area contributed by atoms with Crippen LogP contribution in [0.4, 0.5) is 13.2 Å². The number of hydrogen-bond acceptors (Lipinski definition) is 2. The van der Waals surface area contributed by atoms with E-state index in [-0.39, 0.29) is 11.3 Å². The summed E-state index contributed by atoms with van der Waals surface area (Å²) in [6.45, 7) is 0. The molecule has 0 saturated heterocycles. The zero-order valence-corrected chi connectivity index (χ0v) is 9.91. The summed E-state index contributed by atoms with van der Waals surface area (Å²) in [6.07, 6.45) is 0. The average molecular weight is 266 g/mol. The van der Waals surface area contributed by atoms with Crippen LogP contribution in [0.1, 0.15) is 15.9 Å². The minimum atomic E-state index is -1.09. The van der Waals surface area contributed by atoms with Crippen molar-refractivity contribution in [2.75, 3.05) is 7.11 Å². The van der Waals surface area contributed by atoms with Gasteiger partial charge in [0, 0.05) is 12.1 Å². The van der Waals surface area contributed by atoms with Crippen LogP contribution in [0.15, 0.2) is 36.4 Å². The number of ether oxygens (including phenoxy) is 1. The van der Waals surface area contributed by atoms with Crippen molar-refractivity contribution in [3.8, 4) is 5.75 Å². The van der Waals surface area contributed by atoms with Crippen LogP contribution < -0.4 is 4.74 Å². The lowest BCUT2D eigenvalue weighted by Crippen LogP contribution is -2.09. The Kier molecular flexibility index (Phi) is 3.55. The van der Waals surface area contributed by atoms with Gasteiger partial charge in [0.05, 0.1) is 18.2 Å². The van der Waals surface area contributed by atoms with Gasteiger partial charge in [-0.3, -0.25) is 4.79 Å². The summed E-state index contributed by atoms with van der Waals surface area (Å²) in [6, 6.07) is 6.75. The number of carbonyl (C=O) groups is 1. The maximum atomic E-state index is 13.7. The minimum absolute atomic E-state index is 0.0555. The Morgan fingerprint density at radius 2 is 1.58 bits per heavy atom. The van der Waals surface area contributed by atoms with Gasteiger partial charge in [-0.2, -0.15) is 0 Å². The summed E-state index contributed by atoms with van der Waals surface area (Å²) < 4.78 is 45.5. The van der Waals surface area contributed by atoms with Gasteiger partial charge in [-0.05, 0) is 12.1 Å². The van der Waals surface area contributed by atoms with Crippen LogP contribution in [0.25, 0.3) is 0 Å². The topological polar surface area (TPSA) is 26.3 Å². The van der Waals surface area contributed by atoms with E-state index in [0.717, 1.165) is 18.2 Å². The Hall–Kier alpha value is -2.30. The summed E-state index contributed by atoms with van der Waals surface area (Å²) >= 11 is 0. The molecule has 2 aromatic carbocycles. The Morgan fingerprint density at radius 3 is 2.11 bits per heavy atom. The molecule has 0 aliphatic carbocycles. The molecule has 0 unspecified atom stereocenters. The Labute approximate surface area is 107 Å². The van der Waals surface area contributed by atoms with Crippen molar-refractivity contribution in [3.63, 3.8) is 0 Å². The second-order valence-electron chi connectivity index (χ2n) is 3.78. The maximum Gasteiger partial charge on any atom is 0.201 e. The third-order valence-corrected chi connectivity index (χ3v) is 2.60. The zero-order chi connectivity index (χ0) is 14.0. The first-order valence-electron chi connectivity index (χ1n) is 5.37. The van der Waals surface area contributed by atoms with E-state index in [4.69, 9.17) is 0 Å². The van der Waals surface area contributed by atoms with Crippen LogP contribution in [-0.2, 0) is 0 Å². The van der Waals surface area contributed by atoms with Crippen LogP contribution in [0.5, 0.6) is 5.75 Å². The maximum absolute atomic E-state index is 13.7. The number of halogens is 3. The van der Waals surface area contributed by atoms with E-state index in [0.29, 0.717) is 0 Å². The fourth-order valence-corrected chi connectivity index (χ4v) is 1.66. The number of hydrogen-bond donors (Lipinski definition) is 0. The molecule has 0 atom stereocenters. The summed E-state index contributed by atoms with van der Waals surface area (Å²) in [5.74, 6) is -4.12. The molecular weight excluding hydrogens is 257 g/mol. The summed E-state index contributed by atoms with van der Waals surface area (Å²) in [7, 11) is 1.24. The molecule has 19 heavy (non-hydrogen) atoms. The highest BCUT2D eigenvalue weighted by molar-refractivity contribution is 6.09. The molecule has 5 heteroatoms. The van der Waals surface area contributed by atoms with Crippen LogP contribution in [0.3, 0.4) is 0 Å². The summed E-state index contributed by atoms with van der Waals surface area (Å²) in [4.78, 5) is 11.9. The van der Waals surface area contributed by atoms with Crippen molar-refractivity contribution in [1.82, 2.24) is 0 Å². The van der Waals surface area contributed by atoms with Crippen LogP contribution in [0.2, 0.25) is 0 Å². The van der Waals surface area contributed by atoms with E-state index in [1.165, 1.54) is 25.3 Å². The highest BCUT2D eigenvalue weighted by Crippen LogP contribution is 2.23. The largest absolute Gasteiger partial charge is 0.497 e. The first-order valence-corrected chi connectivity index (χ1v) is 5.37. The molecule has 0 bridgehead atoms. The first kappa shape index (κ1) is 13.1. The highest BCUT2D eigenvalue weighted by atomic mass is 19.1. The van der Waals surface area contributed by atoms with Gasteiger partial charge in [0.25, 0.3) is 0 Å². The van der Waals surface area contributed by atoms with E-state index < -0.39 is 28.8 Å². The van der Waals surface area contributed by atoms with E-state index in [9.17, 15) is 18.0 Å². The monoisotopic (exact) mass is 266 g/mol. The molecule has 0 heterocycles. The molecule has 98 valence electrons. The van der Waals surface area contributed by atoms with Gasteiger partial charge in [0.2, 0.25) is 5.78 Å². The second-order valence-corrected chi connectivity index (χ2v) is 3.78. The number of rotatable bonds is 3.